The summed E-state index contributed by atoms with van der Waals surface area (Å²) in [5.74, 6) is -0.675. The van der Waals surface area contributed by atoms with Gasteiger partial charge in [0.05, 0.1) is 0 Å². The highest BCUT2D eigenvalue weighted by molar-refractivity contribution is 5.74. The molecule has 1 heterocycles. The molecule has 2 amide bonds. The Morgan fingerprint density at radius 1 is 1.33 bits per heavy atom. The third kappa shape index (κ3) is 5.19. The molecule has 0 aromatic heterocycles. The highest BCUT2D eigenvalue weighted by Crippen LogP contribution is 2.25. The van der Waals surface area contributed by atoms with E-state index >= 15 is 0 Å². The van der Waals surface area contributed by atoms with Gasteiger partial charge in [-0.2, -0.15) is 0 Å². The first-order valence-corrected chi connectivity index (χ1v) is 8.08. The average Bonchev–Trinajstić information content (AvgIpc) is 3.27. The maximum Gasteiger partial charge on any atom is 0.317 e. The molecule has 0 aromatic rings. The SMILES string of the molecule is CCN(CCNC(=O)N1CCCC(CC(=O)O)C1)C1CC1. The largest absolute Gasteiger partial charge is 0.481 e. The van der Waals surface area contributed by atoms with Crippen LogP contribution in [0.5, 0.6) is 0 Å². The Labute approximate surface area is 126 Å². The molecule has 1 saturated heterocycles. The average molecular weight is 297 g/mol. The highest BCUT2D eigenvalue weighted by atomic mass is 16.4. The van der Waals surface area contributed by atoms with Gasteiger partial charge in [0, 0.05) is 38.6 Å². The van der Waals surface area contributed by atoms with Crippen LogP contribution in [0.25, 0.3) is 0 Å². The number of carboxylic acids is 1. The van der Waals surface area contributed by atoms with Crippen molar-refractivity contribution in [2.45, 2.75) is 45.1 Å². The zero-order valence-corrected chi connectivity index (χ0v) is 12.9. The molecule has 0 aromatic carbocycles. The fourth-order valence-corrected chi connectivity index (χ4v) is 3.12. The van der Waals surface area contributed by atoms with E-state index in [0.717, 1.165) is 38.5 Å². The van der Waals surface area contributed by atoms with E-state index in [1.807, 2.05) is 0 Å². The van der Waals surface area contributed by atoms with Gasteiger partial charge in [-0.25, -0.2) is 4.79 Å². The van der Waals surface area contributed by atoms with Gasteiger partial charge in [-0.05, 0) is 38.1 Å². The first-order chi connectivity index (χ1) is 10.1. The van der Waals surface area contributed by atoms with E-state index in [1.54, 1.807) is 4.90 Å². The van der Waals surface area contributed by atoms with Gasteiger partial charge in [0.1, 0.15) is 0 Å². The molecule has 2 rings (SSSR count). The second-order valence-corrected chi connectivity index (χ2v) is 6.14. The summed E-state index contributed by atoms with van der Waals surface area (Å²) in [6.07, 6.45) is 4.53. The Morgan fingerprint density at radius 3 is 2.71 bits per heavy atom. The van der Waals surface area contributed by atoms with E-state index < -0.39 is 5.97 Å². The quantitative estimate of drug-likeness (QED) is 0.744. The molecule has 6 heteroatoms. The topological polar surface area (TPSA) is 72.9 Å². The maximum atomic E-state index is 12.1. The van der Waals surface area contributed by atoms with Crippen molar-refractivity contribution in [2.24, 2.45) is 5.92 Å². The third-order valence-corrected chi connectivity index (χ3v) is 4.41. The number of amides is 2. The molecule has 1 unspecified atom stereocenters. The van der Waals surface area contributed by atoms with Crippen molar-refractivity contribution in [3.05, 3.63) is 0 Å². The minimum absolute atomic E-state index is 0.0445. The van der Waals surface area contributed by atoms with Crippen LogP contribution in [0.2, 0.25) is 0 Å². The Balaban J connectivity index is 1.68. The number of carbonyl (C=O) groups excluding carboxylic acids is 1. The molecular formula is C15H27N3O3. The Bertz CT molecular complexity index is 371. The number of piperidine rings is 1. The summed E-state index contributed by atoms with van der Waals surface area (Å²) in [7, 11) is 0. The van der Waals surface area contributed by atoms with Gasteiger partial charge in [0.2, 0.25) is 0 Å². The fraction of sp³-hybridized carbons (Fsp3) is 0.867. The van der Waals surface area contributed by atoms with Crippen LogP contribution in [0.3, 0.4) is 0 Å². The number of rotatable bonds is 7. The molecule has 0 bridgehead atoms. The molecule has 0 radical (unpaired) electrons. The van der Waals surface area contributed by atoms with Gasteiger partial charge in [-0.1, -0.05) is 6.92 Å². The second kappa shape index (κ2) is 7.64. The van der Waals surface area contributed by atoms with Gasteiger partial charge >= 0.3 is 12.0 Å². The summed E-state index contributed by atoms with van der Waals surface area (Å²) in [5, 5.41) is 11.8. The lowest BCUT2D eigenvalue weighted by Gasteiger charge is -2.32. The number of likely N-dealkylation sites (tertiary alicyclic amines) is 1. The molecule has 21 heavy (non-hydrogen) atoms. The summed E-state index contributed by atoms with van der Waals surface area (Å²) in [5.41, 5.74) is 0. The first kappa shape index (κ1) is 16.1. The van der Waals surface area contributed by atoms with E-state index in [0.29, 0.717) is 13.1 Å². The maximum absolute atomic E-state index is 12.1. The molecule has 1 saturated carbocycles. The molecule has 2 N–H and O–H groups in total. The van der Waals surface area contributed by atoms with Crippen molar-refractivity contribution < 1.29 is 14.7 Å². The molecule has 6 nitrogen and oxygen atoms in total. The molecule has 1 aliphatic carbocycles. The number of urea groups is 1. The van der Waals surface area contributed by atoms with Gasteiger partial charge < -0.3 is 15.3 Å². The summed E-state index contributed by atoms with van der Waals surface area (Å²) < 4.78 is 0. The molecule has 0 spiro atoms. The monoisotopic (exact) mass is 297 g/mol. The second-order valence-electron chi connectivity index (χ2n) is 6.14. The van der Waals surface area contributed by atoms with Crippen LogP contribution in [-0.2, 0) is 4.79 Å². The Hall–Kier alpha value is -1.30. The zero-order valence-electron chi connectivity index (χ0n) is 12.9. The molecular weight excluding hydrogens is 270 g/mol. The number of likely N-dealkylation sites (N-methyl/N-ethyl adjacent to an activating group) is 1. The van der Waals surface area contributed by atoms with Crippen molar-refractivity contribution in [1.82, 2.24) is 15.1 Å². The van der Waals surface area contributed by atoms with Crippen molar-refractivity contribution in [2.75, 3.05) is 32.7 Å². The lowest BCUT2D eigenvalue weighted by Crippen LogP contribution is -2.47. The number of nitrogens with zero attached hydrogens (tertiary/aromatic N) is 2. The minimum atomic E-state index is -0.773. The number of nitrogens with one attached hydrogen (secondary N) is 1. The minimum Gasteiger partial charge on any atom is -0.481 e. The van der Waals surface area contributed by atoms with Crippen LogP contribution >= 0.6 is 0 Å². The van der Waals surface area contributed by atoms with Crippen LogP contribution in [0, 0.1) is 5.92 Å². The highest BCUT2D eigenvalue weighted by Gasteiger charge is 2.28. The van der Waals surface area contributed by atoms with Gasteiger partial charge in [-0.15, -0.1) is 0 Å². The van der Waals surface area contributed by atoms with Crippen molar-refractivity contribution >= 4 is 12.0 Å². The van der Waals surface area contributed by atoms with Gasteiger partial charge in [0.15, 0.2) is 0 Å². The summed E-state index contributed by atoms with van der Waals surface area (Å²) >= 11 is 0. The van der Waals surface area contributed by atoms with Crippen LogP contribution in [0.1, 0.15) is 39.0 Å². The molecule has 2 fully saturated rings. The predicted octanol–water partition coefficient (Wildman–Crippen LogP) is 1.37. The van der Waals surface area contributed by atoms with E-state index in [9.17, 15) is 9.59 Å². The predicted molar refractivity (Wildman–Crippen MR) is 80.2 cm³/mol. The van der Waals surface area contributed by atoms with Crippen LogP contribution < -0.4 is 5.32 Å². The van der Waals surface area contributed by atoms with Gasteiger partial charge in [-0.3, -0.25) is 9.69 Å². The summed E-state index contributed by atoms with van der Waals surface area (Å²) in [4.78, 5) is 27.1. The number of aliphatic carboxylic acids is 1. The third-order valence-electron chi connectivity index (χ3n) is 4.41. The van der Waals surface area contributed by atoms with Crippen molar-refractivity contribution in [3.8, 4) is 0 Å². The lowest BCUT2D eigenvalue weighted by atomic mass is 9.95. The van der Waals surface area contributed by atoms with Crippen molar-refractivity contribution in [3.63, 3.8) is 0 Å². The van der Waals surface area contributed by atoms with Crippen LogP contribution in [0.4, 0.5) is 4.79 Å². The van der Waals surface area contributed by atoms with E-state index in [4.69, 9.17) is 5.11 Å². The molecule has 1 aliphatic heterocycles. The Morgan fingerprint density at radius 2 is 2.10 bits per heavy atom. The molecule has 1 atom stereocenters. The van der Waals surface area contributed by atoms with E-state index in [-0.39, 0.29) is 18.4 Å². The van der Waals surface area contributed by atoms with Crippen LogP contribution in [0.15, 0.2) is 0 Å². The molecule has 2 aliphatic rings. The van der Waals surface area contributed by atoms with Crippen LogP contribution in [-0.4, -0.2) is 65.7 Å². The Kier molecular flexibility index (Phi) is 5.85. The lowest BCUT2D eigenvalue weighted by molar-refractivity contribution is -0.138. The van der Waals surface area contributed by atoms with Crippen molar-refractivity contribution in [1.29, 1.82) is 0 Å². The normalized spacial score (nSPS) is 22.4. The number of carbonyl (C=O) groups is 2. The van der Waals surface area contributed by atoms with E-state index in [1.165, 1.54) is 12.8 Å². The summed E-state index contributed by atoms with van der Waals surface area (Å²) in [6, 6.07) is 0.679. The van der Waals surface area contributed by atoms with E-state index in [2.05, 4.69) is 17.1 Å². The number of carboxylic acid groups (broad SMARTS) is 1. The fourth-order valence-electron chi connectivity index (χ4n) is 3.12. The first-order valence-electron chi connectivity index (χ1n) is 8.08. The number of hydrogen-bond acceptors (Lipinski definition) is 3. The molecule has 120 valence electrons. The number of hydrogen-bond donors (Lipinski definition) is 2. The van der Waals surface area contributed by atoms with Gasteiger partial charge in [0.25, 0.3) is 0 Å². The zero-order chi connectivity index (χ0) is 15.2. The smallest absolute Gasteiger partial charge is 0.317 e. The standard InChI is InChI=1S/C15H27N3O3/c1-2-17(13-5-6-13)9-7-16-15(21)18-8-3-4-12(11-18)10-14(19)20/h12-13H,2-11H2,1H3,(H,16,21)(H,19,20). The summed E-state index contributed by atoms with van der Waals surface area (Å²) in [6.45, 7) is 6.06.